The van der Waals surface area contributed by atoms with Crippen molar-refractivity contribution in [2.75, 3.05) is 17.8 Å². The normalized spacial score (nSPS) is 15.0. The molecule has 7 nitrogen and oxygen atoms in total. The predicted molar refractivity (Wildman–Crippen MR) is 71.9 cm³/mol. The van der Waals surface area contributed by atoms with Gasteiger partial charge in [-0.1, -0.05) is 0 Å². The van der Waals surface area contributed by atoms with Gasteiger partial charge in [0.25, 0.3) is 0 Å². The van der Waals surface area contributed by atoms with E-state index in [0.29, 0.717) is 0 Å². The molecule has 0 radical (unpaired) electrons. The number of sulfone groups is 1. The molecule has 0 aromatic heterocycles. The maximum Gasteiger partial charge on any atom is 0.324 e. The number of ether oxygens (including phenoxy) is 1. The lowest BCUT2D eigenvalue weighted by Gasteiger charge is -2.22. The molecule has 0 aliphatic rings. The summed E-state index contributed by atoms with van der Waals surface area (Å²) >= 11 is 0. The Bertz CT molecular complexity index is 515. The number of hydrogen-bond acceptors (Lipinski definition) is 6. The third-order valence-electron chi connectivity index (χ3n) is 1.84. The topological polar surface area (TPSA) is 107 Å². The van der Waals surface area contributed by atoms with Crippen LogP contribution in [0.1, 0.15) is 27.7 Å². The second-order valence-electron chi connectivity index (χ2n) is 5.32. The summed E-state index contributed by atoms with van der Waals surface area (Å²) in [7, 11) is -7.22. The van der Waals surface area contributed by atoms with E-state index in [-0.39, 0.29) is 0 Å². The van der Waals surface area contributed by atoms with Crippen LogP contribution in [0.3, 0.4) is 0 Å². The molecule has 0 aromatic carbocycles. The van der Waals surface area contributed by atoms with Gasteiger partial charge in [-0.25, -0.2) is 21.6 Å². The van der Waals surface area contributed by atoms with E-state index >= 15 is 0 Å². The molecule has 0 aliphatic heterocycles. The van der Waals surface area contributed by atoms with Gasteiger partial charge in [0, 0.05) is 6.26 Å². The highest BCUT2D eigenvalue weighted by atomic mass is 32.2. The molecule has 0 aliphatic carbocycles. The van der Waals surface area contributed by atoms with Gasteiger partial charge in [-0.2, -0.15) is 0 Å². The molecule has 0 heterocycles. The number of rotatable bonds is 6. The van der Waals surface area contributed by atoms with E-state index in [4.69, 9.17) is 4.74 Å². The molecular weight excluding hydrogens is 294 g/mol. The summed E-state index contributed by atoms with van der Waals surface area (Å²) < 4.78 is 52.0. The molecule has 0 bridgehead atoms. The molecular formula is C10H21NO6S2. The second kappa shape index (κ2) is 6.19. The predicted octanol–water partition coefficient (Wildman–Crippen LogP) is -0.319. The molecule has 0 saturated carbocycles. The third kappa shape index (κ3) is 9.85. The summed E-state index contributed by atoms with van der Waals surface area (Å²) in [4.78, 5) is 11.6. The van der Waals surface area contributed by atoms with Gasteiger partial charge in [0.2, 0.25) is 10.0 Å². The average molecular weight is 315 g/mol. The summed E-state index contributed by atoms with van der Waals surface area (Å²) in [6.45, 7) is 6.33. The van der Waals surface area contributed by atoms with Crippen molar-refractivity contribution in [1.82, 2.24) is 4.72 Å². The highest BCUT2D eigenvalue weighted by Gasteiger charge is 2.25. The minimum Gasteiger partial charge on any atom is -0.459 e. The number of nitrogens with one attached hydrogen (secondary N) is 1. The summed E-state index contributed by atoms with van der Waals surface area (Å²) in [5.74, 6) is -1.79. The molecule has 0 unspecified atom stereocenters. The van der Waals surface area contributed by atoms with Crippen LogP contribution < -0.4 is 4.72 Å². The maximum atomic E-state index is 11.6. The molecule has 114 valence electrons. The highest BCUT2D eigenvalue weighted by Crippen LogP contribution is 2.08. The Morgan fingerprint density at radius 1 is 1.16 bits per heavy atom. The zero-order chi connectivity index (χ0) is 15.5. The van der Waals surface area contributed by atoms with Crippen molar-refractivity contribution in [3.63, 3.8) is 0 Å². The van der Waals surface area contributed by atoms with E-state index in [1.165, 1.54) is 6.92 Å². The molecule has 0 amide bonds. The summed E-state index contributed by atoms with van der Waals surface area (Å²) in [6, 6.07) is -1.07. The van der Waals surface area contributed by atoms with Gasteiger partial charge in [0.15, 0.2) is 0 Å². The number of hydrogen-bond donors (Lipinski definition) is 1. The molecule has 0 saturated heterocycles. The van der Waals surface area contributed by atoms with Crippen molar-refractivity contribution in [3.8, 4) is 0 Å². The van der Waals surface area contributed by atoms with E-state index in [1.54, 1.807) is 20.8 Å². The Balaban J connectivity index is 4.55. The molecule has 0 aromatic rings. The lowest BCUT2D eigenvalue weighted by atomic mass is 10.2. The number of carbonyl (C=O) groups excluding carboxylic acids is 1. The molecule has 0 rings (SSSR count). The van der Waals surface area contributed by atoms with Gasteiger partial charge in [-0.05, 0) is 27.7 Å². The summed E-state index contributed by atoms with van der Waals surface area (Å²) in [6.07, 6.45) is 0.944. The smallest absolute Gasteiger partial charge is 0.324 e. The van der Waals surface area contributed by atoms with Gasteiger partial charge >= 0.3 is 5.97 Å². The molecule has 19 heavy (non-hydrogen) atoms. The summed E-state index contributed by atoms with van der Waals surface area (Å²) in [5, 5.41) is 0. The monoisotopic (exact) mass is 315 g/mol. The van der Waals surface area contributed by atoms with E-state index < -0.39 is 49.0 Å². The Morgan fingerprint density at radius 2 is 1.63 bits per heavy atom. The van der Waals surface area contributed by atoms with Gasteiger partial charge < -0.3 is 4.74 Å². The highest BCUT2D eigenvalue weighted by molar-refractivity contribution is 7.93. The average Bonchev–Trinajstić information content (AvgIpc) is 2.10. The Morgan fingerprint density at radius 3 is 2.00 bits per heavy atom. The fraction of sp³-hybridized carbons (Fsp3) is 0.900. The van der Waals surface area contributed by atoms with E-state index in [0.717, 1.165) is 6.26 Å². The zero-order valence-corrected chi connectivity index (χ0v) is 13.4. The van der Waals surface area contributed by atoms with Crippen LogP contribution in [0.2, 0.25) is 0 Å². The van der Waals surface area contributed by atoms with Crippen molar-refractivity contribution < 1.29 is 26.4 Å². The Labute approximate surface area is 114 Å². The van der Waals surface area contributed by atoms with E-state index in [2.05, 4.69) is 4.72 Å². The molecule has 0 fully saturated rings. The standard InChI is InChI=1S/C10H21NO6S2/c1-8(9(12)17-10(2,3)4)11-19(15,16)7-6-18(5,13)14/h8,11H,6-7H2,1-5H3/t8-/m0/s1. The van der Waals surface area contributed by atoms with Gasteiger partial charge in [-0.3, -0.25) is 4.79 Å². The van der Waals surface area contributed by atoms with Crippen LogP contribution in [-0.4, -0.2) is 52.2 Å². The van der Waals surface area contributed by atoms with Crippen LogP contribution in [0.5, 0.6) is 0 Å². The van der Waals surface area contributed by atoms with E-state index in [9.17, 15) is 21.6 Å². The minimum atomic E-state index is -3.84. The van der Waals surface area contributed by atoms with Crippen LogP contribution in [0.25, 0.3) is 0 Å². The Hall–Kier alpha value is -0.670. The molecule has 1 N–H and O–H groups in total. The van der Waals surface area contributed by atoms with Crippen molar-refractivity contribution in [3.05, 3.63) is 0 Å². The van der Waals surface area contributed by atoms with Crippen LogP contribution >= 0.6 is 0 Å². The molecule has 0 spiro atoms. The SMILES string of the molecule is C[C@H](NS(=O)(=O)CCS(C)(=O)=O)C(=O)OC(C)(C)C. The van der Waals surface area contributed by atoms with Crippen LogP contribution in [0, 0.1) is 0 Å². The fourth-order valence-electron chi connectivity index (χ4n) is 1.03. The van der Waals surface area contributed by atoms with Crippen molar-refractivity contribution in [1.29, 1.82) is 0 Å². The fourth-order valence-corrected chi connectivity index (χ4v) is 3.87. The van der Waals surface area contributed by atoms with Crippen molar-refractivity contribution in [2.45, 2.75) is 39.3 Å². The van der Waals surface area contributed by atoms with Crippen LogP contribution in [0.4, 0.5) is 0 Å². The zero-order valence-electron chi connectivity index (χ0n) is 11.8. The van der Waals surface area contributed by atoms with E-state index in [1.807, 2.05) is 0 Å². The first-order chi connectivity index (χ1) is 8.22. The molecule has 9 heteroatoms. The van der Waals surface area contributed by atoms with Gasteiger partial charge in [0.05, 0.1) is 11.5 Å². The number of sulfonamides is 1. The van der Waals surface area contributed by atoms with Crippen molar-refractivity contribution >= 4 is 25.8 Å². The minimum absolute atomic E-state index is 0.497. The Kier molecular flexibility index (Phi) is 5.97. The quantitative estimate of drug-likeness (QED) is 0.673. The largest absolute Gasteiger partial charge is 0.459 e. The summed E-state index contributed by atoms with van der Waals surface area (Å²) in [5.41, 5.74) is -0.719. The maximum absolute atomic E-state index is 11.6. The number of esters is 1. The second-order valence-corrected chi connectivity index (χ2v) is 9.45. The van der Waals surface area contributed by atoms with Crippen molar-refractivity contribution in [2.24, 2.45) is 0 Å². The first kappa shape index (κ1) is 18.3. The first-order valence-electron chi connectivity index (χ1n) is 5.62. The lowest BCUT2D eigenvalue weighted by molar-refractivity contribution is -0.156. The van der Waals surface area contributed by atoms with Crippen LogP contribution in [0.15, 0.2) is 0 Å². The van der Waals surface area contributed by atoms with Gasteiger partial charge in [-0.15, -0.1) is 0 Å². The molecule has 1 atom stereocenters. The third-order valence-corrected chi connectivity index (χ3v) is 4.50. The van der Waals surface area contributed by atoms with Crippen LogP contribution in [-0.2, 0) is 29.4 Å². The lowest BCUT2D eigenvalue weighted by Crippen LogP contribution is -2.43. The number of carbonyl (C=O) groups is 1. The van der Waals surface area contributed by atoms with Gasteiger partial charge in [0.1, 0.15) is 21.5 Å². The first-order valence-corrected chi connectivity index (χ1v) is 9.34.